The number of phenolic OH excluding ortho intramolecular Hbond substituents is 1. The van der Waals surface area contributed by atoms with Gasteiger partial charge in [-0.15, -0.1) is 0 Å². The Morgan fingerprint density at radius 2 is 2.14 bits per heavy atom. The first-order valence-electron chi connectivity index (χ1n) is 8.03. The molecule has 2 unspecified atom stereocenters. The molecule has 2 bridgehead atoms. The second-order valence-corrected chi connectivity index (χ2v) is 7.28. The summed E-state index contributed by atoms with van der Waals surface area (Å²) in [5.41, 5.74) is 2.46. The number of benzene rings is 1. The van der Waals surface area contributed by atoms with Gasteiger partial charge in [-0.1, -0.05) is 6.07 Å². The van der Waals surface area contributed by atoms with Crippen LogP contribution >= 0.6 is 0 Å². The van der Waals surface area contributed by atoms with Crippen molar-refractivity contribution in [3.8, 4) is 11.5 Å². The molecule has 4 aliphatic rings. The van der Waals surface area contributed by atoms with E-state index in [9.17, 15) is 10.2 Å². The summed E-state index contributed by atoms with van der Waals surface area (Å²) >= 11 is 0. The van der Waals surface area contributed by atoms with E-state index in [4.69, 9.17) is 4.74 Å². The van der Waals surface area contributed by atoms with Crippen LogP contribution < -0.4 is 4.74 Å². The third kappa shape index (κ3) is 1.70. The molecule has 1 saturated heterocycles. The van der Waals surface area contributed by atoms with Crippen LogP contribution in [0.5, 0.6) is 11.5 Å². The molecule has 1 aromatic rings. The number of hydrogen-bond donors (Lipinski definition) is 2. The van der Waals surface area contributed by atoms with Gasteiger partial charge >= 0.3 is 0 Å². The van der Waals surface area contributed by atoms with Crippen LogP contribution in [0.25, 0.3) is 0 Å². The molecule has 2 N–H and O–H groups in total. The van der Waals surface area contributed by atoms with Crippen LogP contribution in [-0.4, -0.2) is 47.0 Å². The fourth-order valence-corrected chi connectivity index (χ4v) is 5.71. The van der Waals surface area contributed by atoms with Crippen molar-refractivity contribution in [3.63, 3.8) is 0 Å². The summed E-state index contributed by atoms with van der Waals surface area (Å²) in [5.74, 6) is 1.44. The van der Waals surface area contributed by atoms with E-state index in [1.165, 1.54) is 11.1 Å². The molecule has 1 aromatic carbocycles. The summed E-state index contributed by atoms with van der Waals surface area (Å²) in [5, 5.41) is 20.8. The van der Waals surface area contributed by atoms with Crippen molar-refractivity contribution in [2.24, 2.45) is 5.92 Å². The summed E-state index contributed by atoms with van der Waals surface area (Å²) < 4.78 is 6.14. The molecule has 0 amide bonds. The Morgan fingerprint density at radius 1 is 1.32 bits per heavy atom. The Kier molecular flexibility index (Phi) is 3.63. The molecule has 5 atom stereocenters. The van der Waals surface area contributed by atoms with E-state index in [-0.39, 0.29) is 61.3 Å². The zero-order valence-electron chi connectivity index (χ0n) is 12.8. The molecule has 0 aromatic heterocycles. The standard InChI is InChI=1S/C17H21NO3.Ac/c1-18-7-6-17-10-3-5-13(20)16(17)21-15-12(19)4-2-9(14(15)17)8-11(10)18;/h2,4,10-11,13,16,19-20H,3,5-8H2,1H3;/t10-,11?,13+,16-,17?;/m0./s1. The number of nitrogens with zero attached hydrogens (tertiary/aromatic N) is 1. The van der Waals surface area contributed by atoms with Gasteiger partial charge in [0.15, 0.2) is 11.5 Å². The zero-order valence-corrected chi connectivity index (χ0v) is 17.6. The van der Waals surface area contributed by atoms with Crippen LogP contribution in [-0.2, 0) is 11.8 Å². The fourth-order valence-electron chi connectivity index (χ4n) is 5.71. The maximum atomic E-state index is 10.5. The van der Waals surface area contributed by atoms with E-state index in [0.29, 0.717) is 17.7 Å². The second kappa shape index (κ2) is 5.09. The maximum absolute atomic E-state index is 10.5. The Balaban J connectivity index is 0.00000125. The Bertz CT molecular complexity index is 637. The average molecular weight is 514 g/mol. The number of likely N-dealkylation sites (N-methyl/N-ethyl adjacent to an activating group) is 1. The van der Waals surface area contributed by atoms with Gasteiger partial charge in [0, 0.05) is 61.1 Å². The second-order valence-electron chi connectivity index (χ2n) is 7.28. The third-order valence-electron chi connectivity index (χ3n) is 6.56. The summed E-state index contributed by atoms with van der Waals surface area (Å²) in [6.07, 6.45) is 3.35. The summed E-state index contributed by atoms with van der Waals surface area (Å²) in [6.45, 7) is 1.04. The average Bonchev–Trinajstić information content (AvgIpc) is 2.83. The van der Waals surface area contributed by atoms with Crippen molar-refractivity contribution in [3.05, 3.63) is 23.3 Å². The van der Waals surface area contributed by atoms with Gasteiger partial charge in [0.1, 0.15) is 6.10 Å². The minimum absolute atomic E-state index is 0. The smallest absolute Gasteiger partial charge is 0.165 e. The molecule has 1 radical (unpaired) electrons. The monoisotopic (exact) mass is 514 g/mol. The molecule has 2 aliphatic carbocycles. The molecular weight excluding hydrogens is 493 g/mol. The molecule has 2 heterocycles. The summed E-state index contributed by atoms with van der Waals surface area (Å²) in [4.78, 5) is 2.48. The van der Waals surface area contributed by atoms with E-state index >= 15 is 0 Å². The number of ether oxygens (including phenoxy) is 1. The van der Waals surface area contributed by atoms with Gasteiger partial charge in [0.05, 0.1) is 6.10 Å². The number of likely N-dealkylation sites (tertiary alicyclic amines) is 1. The number of phenols is 1. The van der Waals surface area contributed by atoms with E-state index < -0.39 is 6.10 Å². The molecule has 22 heavy (non-hydrogen) atoms. The van der Waals surface area contributed by atoms with Crippen LogP contribution in [0.2, 0.25) is 0 Å². The molecule has 5 rings (SSSR count). The fraction of sp³-hybridized carbons (Fsp3) is 0.647. The Morgan fingerprint density at radius 3 is 2.95 bits per heavy atom. The Hall–Kier alpha value is 0.182. The van der Waals surface area contributed by atoms with E-state index in [2.05, 4.69) is 18.0 Å². The number of aliphatic hydroxyl groups is 1. The third-order valence-corrected chi connectivity index (χ3v) is 6.56. The van der Waals surface area contributed by atoms with Gasteiger partial charge < -0.3 is 19.8 Å². The minimum atomic E-state index is -0.414. The number of rotatable bonds is 0. The van der Waals surface area contributed by atoms with Crippen molar-refractivity contribution in [1.82, 2.24) is 4.90 Å². The first kappa shape index (κ1) is 15.7. The Labute approximate surface area is 166 Å². The van der Waals surface area contributed by atoms with Crippen molar-refractivity contribution in [1.29, 1.82) is 0 Å². The van der Waals surface area contributed by atoms with Crippen LogP contribution in [0, 0.1) is 50.0 Å². The first-order valence-corrected chi connectivity index (χ1v) is 8.03. The van der Waals surface area contributed by atoms with Gasteiger partial charge in [-0.2, -0.15) is 0 Å². The molecule has 1 saturated carbocycles. The van der Waals surface area contributed by atoms with Gasteiger partial charge in [-0.25, -0.2) is 0 Å². The van der Waals surface area contributed by atoms with E-state index in [0.717, 1.165) is 32.2 Å². The van der Waals surface area contributed by atoms with Gasteiger partial charge in [-0.3, -0.25) is 0 Å². The number of aromatic hydroxyl groups is 1. The molecule has 115 valence electrons. The van der Waals surface area contributed by atoms with Crippen molar-refractivity contribution in [2.45, 2.75) is 49.3 Å². The summed E-state index contributed by atoms with van der Waals surface area (Å²) in [6, 6.07) is 4.36. The predicted molar refractivity (Wildman–Crippen MR) is 77.7 cm³/mol. The molecule has 2 aliphatic heterocycles. The van der Waals surface area contributed by atoms with Crippen LogP contribution in [0.1, 0.15) is 30.4 Å². The zero-order chi connectivity index (χ0) is 14.4. The number of hydrogen-bond acceptors (Lipinski definition) is 4. The van der Waals surface area contributed by atoms with Crippen molar-refractivity contribution < 1.29 is 59.0 Å². The SMILES string of the molecule is CN1CCC23c4c5ccc(O)c4O[C@H]2[C@H](O)CC[C@H]3C1C5.[Ac]. The normalized spacial score (nSPS) is 41.4. The van der Waals surface area contributed by atoms with Crippen molar-refractivity contribution in [2.75, 3.05) is 13.6 Å². The summed E-state index contributed by atoms with van der Waals surface area (Å²) in [7, 11) is 2.22. The molecule has 2 fully saturated rings. The molecule has 4 nitrogen and oxygen atoms in total. The van der Waals surface area contributed by atoms with E-state index in [1.54, 1.807) is 6.07 Å². The largest absolute Gasteiger partial charge is 0.504 e. The van der Waals surface area contributed by atoms with Gasteiger partial charge in [0.25, 0.3) is 0 Å². The topological polar surface area (TPSA) is 52.9 Å². The predicted octanol–water partition coefficient (Wildman–Crippen LogP) is 1.42. The molecule has 5 heteroatoms. The van der Waals surface area contributed by atoms with E-state index in [1.807, 2.05) is 0 Å². The first-order chi connectivity index (χ1) is 10.1. The van der Waals surface area contributed by atoms with Gasteiger partial charge in [-0.05, 0) is 56.8 Å². The van der Waals surface area contributed by atoms with Gasteiger partial charge in [0.2, 0.25) is 0 Å². The quantitative estimate of drug-likeness (QED) is 0.551. The molecule has 1 spiro atoms. The molecular formula is C17H21AcNO3. The maximum Gasteiger partial charge on any atom is 0.165 e. The van der Waals surface area contributed by atoms with Crippen LogP contribution in [0.4, 0.5) is 0 Å². The number of aliphatic hydroxyl groups excluding tert-OH is 1. The van der Waals surface area contributed by atoms with Crippen LogP contribution in [0.15, 0.2) is 12.1 Å². The van der Waals surface area contributed by atoms with Crippen molar-refractivity contribution >= 4 is 0 Å². The van der Waals surface area contributed by atoms with Crippen LogP contribution in [0.3, 0.4) is 0 Å². The minimum Gasteiger partial charge on any atom is -0.504 e. The number of piperidine rings is 1.